The number of aliphatic carboxylic acids is 1. The first-order valence-electron chi connectivity index (χ1n) is 9.59. The minimum atomic E-state index is -1.50. The van der Waals surface area contributed by atoms with Gasteiger partial charge >= 0.3 is 5.97 Å². The zero-order chi connectivity index (χ0) is 22.7. The van der Waals surface area contributed by atoms with Gasteiger partial charge in [-0.3, -0.25) is 14.4 Å². The van der Waals surface area contributed by atoms with E-state index in [1.165, 1.54) is 0 Å². The Hall–Kier alpha value is -2.24. The third-order valence-electron chi connectivity index (χ3n) is 4.46. The number of carbonyl (C=O) groups excluding carboxylic acids is 3. The predicted molar refractivity (Wildman–Crippen MR) is 104 cm³/mol. The predicted octanol–water partition coefficient (Wildman–Crippen LogP) is -2.07. The molecule has 0 fully saturated rings. The summed E-state index contributed by atoms with van der Waals surface area (Å²) in [5.41, 5.74) is 5.48. The van der Waals surface area contributed by atoms with E-state index >= 15 is 0 Å². The summed E-state index contributed by atoms with van der Waals surface area (Å²) in [7, 11) is 0. The molecule has 0 aliphatic carbocycles. The van der Waals surface area contributed by atoms with Gasteiger partial charge in [0.2, 0.25) is 17.7 Å². The molecule has 29 heavy (non-hydrogen) atoms. The number of nitrogens with one attached hydrogen (secondary N) is 3. The van der Waals surface area contributed by atoms with Crippen molar-refractivity contribution in [3.8, 4) is 0 Å². The molecular weight excluding hydrogens is 384 g/mol. The van der Waals surface area contributed by atoms with Crippen LogP contribution in [0.5, 0.6) is 0 Å². The van der Waals surface area contributed by atoms with Crippen LogP contribution in [0.25, 0.3) is 0 Å². The van der Waals surface area contributed by atoms with Crippen molar-refractivity contribution < 1.29 is 34.5 Å². The fourth-order valence-electron chi connectivity index (χ4n) is 2.47. The molecule has 11 nitrogen and oxygen atoms in total. The van der Waals surface area contributed by atoms with E-state index in [4.69, 9.17) is 21.1 Å². The highest BCUT2D eigenvalue weighted by atomic mass is 16.4. The van der Waals surface area contributed by atoms with Crippen LogP contribution in [0.1, 0.15) is 40.5 Å². The van der Waals surface area contributed by atoms with E-state index in [0.29, 0.717) is 6.42 Å². The normalized spacial score (nSPS) is 16.3. The van der Waals surface area contributed by atoms with E-state index in [-0.39, 0.29) is 18.3 Å². The highest BCUT2D eigenvalue weighted by molar-refractivity contribution is 5.94. The van der Waals surface area contributed by atoms with E-state index in [1.54, 1.807) is 13.8 Å². The second kappa shape index (κ2) is 13.1. The van der Waals surface area contributed by atoms with Gasteiger partial charge in [0.05, 0.1) is 13.2 Å². The molecular formula is C18H34N4O7. The van der Waals surface area contributed by atoms with Crippen LogP contribution in [0.2, 0.25) is 0 Å². The Bertz CT molecular complexity index is 570. The van der Waals surface area contributed by atoms with Crippen LogP contribution in [0, 0.1) is 11.8 Å². The zero-order valence-corrected chi connectivity index (χ0v) is 17.3. The molecule has 0 aliphatic rings. The van der Waals surface area contributed by atoms with Gasteiger partial charge < -0.3 is 37.0 Å². The van der Waals surface area contributed by atoms with E-state index in [0.717, 1.165) is 0 Å². The molecule has 0 saturated heterocycles. The minimum absolute atomic E-state index is 0.0260. The van der Waals surface area contributed by atoms with Gasteiger partial charge in [0.1, 0.15) is 24.2 Å². The summed E-state index contributed by atoms with van der Waals surface area (Å²) < 4.78 is 0. The van der Waals surface area contributed by atoms with Gasteiger partial charge in [-0.05, 0) is 18.3 Å². The number of hydrogen-bond acceptors (Lipinski definition) is 7. The van der Waals surface area contributed by atoms with Gasteiger partial charge in [0.15, 0.2) is 0 Å². The first-order valence-corrected chi connectivity index (χ1v) is 9.59. The van der Waals surface area contributed by atoms with Crippen molar-refractivity contribution in [2.24, 2.45) is 17.6 Å². The lowest BCUT2D eigenvalue weighted by Crippen LogP contribution is -2.59. The number of aliphatic hydroxyl groups is 2. The van der Waals surface area contributed by atoms with Crippen molar-refractivity contribution in [1.29, 1.82) is 0 Å². The van der Waals surface area contributed by atoms with Crippen LogP contribution < -0.4 is 21.7 Å². The number of hydrogen-bond donors (Lipinski definition) is 7. The first kappa shape index (κ1) is 26.8. The van der Waals surface area contributed by atoms with Crippen molar-refractivity contribution >= 4 is 23.7 Å². The molecule has 0 aromatic rings. The molecule has 0 aliphatic heterocycles. The molecule has 0 rings (SSSR count). The zero-order valence-electron chi connectivity index (χ0n) is 17.3. The topological polar surface area (TPSA) is 191 Å². The van der Waals surface area contributed by atoms with Crippen LogP contribution in [0.4, 0.5) is 0 Å². The van der Waals surface area contributed by atoms with E-state index in [1.807, 2.05) is 13.8 Å². The molecule has 0 bridgehead atoms. The third-order valence-corrected chi connectivity index (χ3v) is 4.46. The second-order valence-electron chi connectivity index (χ2n) is 7.43. The summed E-state index contributed by atoms with van der Waals surface area (Å²) in [6, 6.07) is -4.75. The lowest BCUT2D eigenvalue weighted by Gasteiger charge is -2.28. The summed E-state index contributed by atoms with van der Waals surface area (Å²) in [6.07, 6.45) is 0.769. The Morgan fingerprint density at radius 2 is 1.41 bits per heavy atom. The number of amides is 3. The molecule has 3 amide bonds. The summed E-state index contributed by atoms with van der Waals surface area (Å²) in [5, 5.41) is 34.3. The van der Waals surface area contributed by atoms with Gasteiger partial charge in [-0.2, -0.15) is 0 Å². The lowest BCUT2D eigenvalue weighted by atomic mass is 9.96. The summed E-state index contributed by atoms with van der Waals surface area (Å²) in [5.74, 6) is -3.81. The van der Waals surface area contributed by atoms with E-state index in [9.17, 15) is 19.2 Å². The average Bonchev–Trinajstić information content (AvgIpc) is 2.67. The second-order valence-corrected chi connectivity index (χ2v) is 7.43. The van der Waals surface area contributed by atoms with Gasteiger partial charge in [0, 0.05) is 0 Å². The molecule has 8 N–H and O–H groups in total. The fourth-order valence-corrected chi connectivity index (χ4v) is 2.47. The molecule has 0 spiro atoms. The van der Waals surface area contributed by atoms with Gasteiger partial charge in [-0.15, -0.1) is 0 Å². The SMILES string of the molecule is CCC(C)C(NC(=O)C(CC(C)C)NC(=O)C(N)CO)C(=O)NC(CO)C(=O)O. The molecule has 0 aromatic carbocycles. The molecule has 0 radical (unpaired) electrons. The maximum Gasteiger partial charge on any atom is 0.328 e. The lowest BCUT2D eigenvalue weighted by molar-refractivity contribution is -0.143. The van der Waals surface area contributed by atoms with E-state index < -0.39 is 61.1 Å². The maximum atomic E-state index is 12.8. The fraction of sp³-hybridized carbons (Fsp3) is 0.778. The summed E-state index contributed by atoms with van der Waals surface area (Å²) in [6.45, 7) is 5.80. The number of aliphatic hydroxyl groups excluding tert-OH is 2. The Morgan fingerprint density at radius 3 is 1.83 bits per heavy atom. The largest absolute Gasteiger partial charge is 0.480 e. The maximum absolute atomic E-state index is 12.8. The summed E-state index contributed by atoms with van der Waals surface area (Å²) in [4.78, 5) is 48.4. The molecule has 0 saturated carbocycles. The number of nitrogens with two attached hydrogens (primary N) is 1. The Balaban J connectivity index is 5.43. The van der Waals surface area contributed by atoms with Crippen LogP contribution in [0.15, 0.2) is 0 Å². The smallest absolute Gasteiger partial charge is 0.328 e. The Morgan fingerprint density at radius 1 is 0.862 bits per heavy atom. The number of rotatable bonds is 13. The Kier molecular flexibility index (Phi) is 12.1. The van der Waals surface area contributed by atoms with E-state index in [2.05, 4.69) is 16.0 Å². The van der Waals surface area contributed by atoms with Crippen LogP contribution in [0.3, 0.4) is 0 Å². The monoisotopic (exact) mass is 418 g/mol. The summed E-state index contributed by atoms with van der Waals surface area (Å²) >= 11 is 0. The van der Waals surface area contributed by atoms with Gasteiger partial charge in [-0.25, -0.2) is 4.79 Å². The van der Waals surface area contributed by atoms with Crippen molar-refractivity contribution in [1.82, 2.24) is 16.0 Å². The molecule has 0 aromatic heterocycles. The Labute approximate surface area is 170 Å². The van der Waals surface area contributed by atoms with Crippen molar-refractivity contribution in [3.63, 3.8) is 0 Å². The number of carbonyl (C=O) groups is 4. The highest BCUT2D eigenvalue weighted by Gasteiger charge is 2.32. The van der Waals surface area contributed by atoms with Crippen molar-refractivity contribution in [3.05, 3.63) is 0 Å². The van der Waals surface area contributed by atoms with Crippen LogP contribution >= 0.6 is 0 Å². The minimum Gasteiger partial charge on any atom is -0.480 e. The first-order chi connectivity index (χ1) is 13.5. The van der Waals surface area contributed by atoms with Crippen molar-refractivity contribution in [2.45, 2.75) is 64.7 Å². The van der Waals surface area contributed by atoms with Crippen LogP contribution in [-0.2, 0) is 19.2 Å². The average molecular weight is 418 g/mol. The number of carboxylic acid groups (broad SMARTS) is 1. The molecule has 168 valence electrons. The highest BCUT2D eigenvalue weighted by Crippen LogP contribution is 2.11. The van der Waals surface area contributed by atoms with Crippen molar-refractivity contribution in [2.75, 3.05) is 13.2 Å². The molecule has 0 heterocycles. The molecule has 5 atom stereocenters. The third kappa shape index (κ3) is 9.20. The standard InChI is InChI=1S/C18H34N4O7/c1-5-10(4)14(17(27)21-13(8-24)18(28)29)22-16(26)12(6-9(2)3)20-15(25)11(19)7-23/h9-14,23-24H,5-8,19H2,1-4H3,(H,20,25)(H,21,27)(H,22,26)(H,28,29). The molecule has 11 heteroatoms. The number of carboxylic acids is 1. The van der Waals surface area contributed by atoms with Gasteiger partial charge in [-0.1, -0.05) is 34.1 Å². The van der Waals surface area contributed by atoms with Gasteiger partial charge in [0.25, 0.3) is 0 Å². The quantitative estimate of drug-likeness (QED) is 0.177. The molecule has 5 unspecified atom stereocenters. The van der Waals surface area contributed by atoms with Crippen LogP contribution in [-0.4, -0.2) is 76.4 Å².